The fourth-order valence-electron chi connectivity index (χ4n) is 2.32. The van der Waals surface area contributed by atoms with Crippen molar-refractivity contribution in [2.45, 2.75) is 19.8 Å². The highest BCUT2D eigenvalue weighted by molar-refractivity contribution is 6.30. The van der Waals surface area contributed by atoms with Gasteiger partial charge in [0.15, 0.2) is 0 Å². The van der Waals surface area contributed by atoms with Gasteiger partial charge in [-0.3, -0.25) is 0 Å². The smallest absolute Gasteiger partial charge is 0.0465 e. The van der Waals surface area contributed by atoms with E-state index < -0.39 is 0 Å². The summed E-state index contributed by atoms with van der Waals surface area (Å²) in [6.07, 6.45) is 0. The summed E-state index contributed by atoms with van der Waals surface area (Å²) in [6, 6.07) is 16.7. The third-order valence-corrected chi connectivity index (χ3v) is 3.68. The van der Waals surface area contributed by atoms with E-state index in [0.717, 1.165) is 16.3 Å². The van der Waals surface area contributed by atoms with Crippen LogP contribution in [0, 0.1) is 0 Å². The first kappa shape index (κ1) is 12.3. The summed E-state index contributed by atoms with van der Waals surface area (Å²) in [5, 5.41) is 2.01. The van der Waals surface area contributed by atoms with Crippen LogP contribution in [0.2, 0.25) is 5.02 Å². The number of halogens is 1. The van der Waals surface area contributed by atoms with Gasteiger partial charge in [-0.1, -0.05) is 43.6 Å². The fraction of sp³-hybridized carbons (Fsp3) is 0.176. The third kappa shape index (κ3) is 2.39. The summed E-state index contributed by atoms with van der Waals surface area (Å²) in [4.78, 5) is 3.45. The Kier molecular flexibility index (Phi) is 3.08. The highest BCUT2D eigenvalue weighted by Gasteiger charge is 2.06. The van der Waals surface area contributed by atoms with Gasteiger partial charge in [0, 0.05) is 21.6 Å². The van der Waals surface area contributed by atoms with Crippen molar-refractivity contribution in [2.75, 3.05) is 0 Å². The van der Waals surface area contributed by atoms with Gasteiger partial charge in [0.05, 0.1) is 0 Å². The second-order valence-electron chi connectivity index (χ2n) is 5.19. The molecule has 3 aromatic rings. The van der Waals surface area contributed by atoms with E-state index in [2.05, 4.69) is 49.2 Å². The maximum atomic E-state index is 6.05. The van der Waals surface area contributed by atoms with E-state index in [1.54, 1.807) is 0 Å². The number of rotatable bonds is 2. The largest absolute Gasteiger partial charge is 0.355 e. The summed E-state index contributed by atoms with van der Waals surface area (Å²) in [7, 11) is 0. The lowest BCUT2D eigenvalue weighted by molar-refractivity contribution is 0.869. The molecule has 0 saturated heterocycles. The molecule has 0 saturated carbocycles. The van der Waals surface area contributed by atoms with Gasteiger partial charge in [-0.05, 0) is 47.4 Å². The van der Waals surface area contributed by atoms with Crippen molar-refractivity contribution in [1.82, 2.24) is 4.98 Å². The van der Waals surface area contributed by atoms with Crippen molar-refractivity contribution in [3.05, 3.63) is 59.1 Å². The van der Waals surface area contributed by atoms with Gasteiger partial charge in [-0.25, -0.2) is 0 Å². The molecule has 0 spiro atoms. The lowest BCUT2D eigenvalue weighted by atomic mass is 10.0. The molecule has 3 rings (SSSR count). The Balaban J connectivity index is 2.11. The molecule has 19 heavy (non-hydrogen) atoms. The molecule has 1 heterocycles. The second-order valence-corrected chi connectivity index (χ2v) is 5.63. The maximum absolute atomic E-state index is 6.05. The zero-order valence-corrected chi connectivity index (χ0v) is 11.8. The molecule has 0 atom stereocenters. The predicted octanol–water partition coefficient (Wildman–Crippen LogP) is 5.61. The number of fused-ring (bicyclic) bond motifs is 1. The summed E-state index contributed by atoms with van der Waals surface area (Å²) in [6.45, 7) is 4.43. The van der Waals surface area contributed by atoms with E-state index in [-0.39, 0.29) is 0 Å². The number of benzene rings is 2. The van der Waals surface area contributed by atoms with Crippen LogP contribution in [0.5, 0.6) is 0 Å². The molecule has 0 unspecified atom stereocenters. The number of aromatic nitrogens is 1. The molecule has 1 aromatic heterocycles. The normalized spacial score (nSPS) is 11.4. The highest BCUT2D eigenvalue weighted by Crippen LogP contribution is 2.28. The molecule has 0 bridgehead atoms. The quantitative estimate of drug-likeness (QED) is 0.622. The van der Waals surface area contributed by atoms with E-state index in [0.29, 0.717) is 5.92 Å². The number of hydrogen-bond acceptors (Lipinski definition) is 0. The maximum Gasteiger partial charge on any atom is 0.0465 e. The minimum atomic E-state index is 0.550. The van der Waals surface area contributed by atoms with Crippen LogP contribution >= 0.6 is 11.6 Å². The Morgan fingerprint density at radius 2 is 1.84 bits per heavy atom. The van der Waals surface area contributed by atoms with Crippen molar-refractivity contribution in [3.63, 3.8) is 0 Å². The van der Waals surface area contributed by atoms with Crippen LogP contribution in [0.25, 0.3) is 22.2 Å². The molecule has 0 aliphatic rings. The Morgan fingerprint density at radius 3 is 2.58 bits per heavy atom. The van der Waals surface area contributed by atoms with Crippen LogP contribution in [-0.4, -0.2) is 4.98 Å². The molecule has 0 aliphatic carbocycles. The molecule has 0 radical (unpaired) electrons. The van der Waals surface area contributed by atoms with Gasteiger partial charge in [-0.15, -0.1) is 0 Å². The highest BCUT2D eigenvalue weighted by atomic mass is 35.5. The topological polar surface area (TPSA) is 15.8 Å². The van der Waals surface area contributed by atoms with Gasteiger partial charge < -0.3 is 4.98 Å². The number of H-pyrrole nitrogens is 1. The molecule has 1 N–H and O–H groups in total. The summed E-state index contributed by atoms with van der Waals surface area (Å²) < 4.78 is 0. The Morgan fingerprint density at radius 1 is 1.00 bits per heavy atom. The van der Waals surface area contributed by atoms with Crippen molar-refractivity contribution < 1.29 is 0 Å². The first-order chi connectivity index (χ1) is 9.13. The first-order valence-electron chi connectivity index (χ1n) is 6.52. The monoisotopic (exact) mass is 269 g/mol. The third-order valence-electron chi connectivity index (χ3n) is 3.45. The summed E-state index contributed by atoms with van der Waals surface area (Å²) in [5.41, 5.74) is 4.76. The molecule has 0 aliphatic heterocycles. The predicted molar refractivity (Wildman–Crippen MR) is 82.8 cm³/mol. The van der Waals surface area contributed by atoms with E-state index in [1.807, 2.05) is 18.2 Å². The van der Waals surface area contributed by atoms with Crippen molar-refractivity contribution >= 4 is 22.5 Å². The molecule has 96 valence electrons. The van der Waals surface area contributed by atoms with E-state index >= 15 is 0 Å². The van der Waals surface area contributed by atoms with E-state index in [1.165, 1.54) is 16.5 Å². The fourth-order valence-corrected chi connectivity index (χ4v) is 2.51. The number of nitrogens with one attached hydrogen (secondary N) is 1. The van der Waals surface area contributed by atoms with Crippen LogP contribution in [0.3, 0.4) is 0 Å². The van der Waals surface area contributed by atoms with Gasteiger partial charge in [0.25, 0.3) is 0 Å². The van der Waals surface area contributed by atoms with Crippen molar-refractivity contribution in [2.24, 2.45) is 0 Å². The average molecular weight is 270 g/mol. The van der Waals surface area contributed by atoms with Crippen LogP contribution < -0.4 is 0 Å². The minimum Gasteiger partial charge on any atom is -0.355 e. The van der Waals surface area contributed by atoms with Crippen LogP contribution in [-0.2, 0) is 0 Å². The Bertz CT molecular complexity index is 725. The van der Waals surface area contributed by atoms with Crippen LogP contribution in [0.15, 0.2) is 48.5 Å². The van der Waals surface area contributed by atoms with Gasteiger partial charge >= 0.3 is 0 Å². The van der Waals surface area contributed by atoms with Crippen LogP contribution in [0.4, 0.5) is 0 Å². The Hall–Kier alpha value is -1.73. The van der Waals surface area contributed by atoms with Crippen molar-refractivity contribution in [1.29, 1.82) is 0 Å². The van der Waals surface area contributed by atoms with E-state index in [9.17, 15) is 0 Å². The second kappa shape index (κ2) is 4.75. The van der Waals surface area contributed by atoms with Gasteiger partial charge in [0.2, 0.25) is 0 Å². The van der Waals surface area contributed by atoms with Crippen LogP contribution in [0.1, 0.15) is 25.3 Å². The molecule has 0 fully saturated rings. The SMILES string of the molecule is CC(C)c1ccc2[nH]c(-c3cccc(Cl)c3)cc2c1. The zero-order valence-electron chi connectivity index (χ0n) is 11.1. The standard InChI is InChI=1S/C17H16ClN/c1-11(2)12-6-7-16-14(8-12)10-17(19-16)13-4-3-5-15(18)9-13/h3-11,19H,1-2H3. The minimum absolute atomic E-state index is 0.550. The van der Waals surface area contributed by atoms with Gasteiger partial charge in [0.1, 0.15) is 0 Å². The average Bonchev–Trinajstić information content (AvgIpc) is 2.81. The summed E-state index contributed by atoms with van der Waals surface area (Å²) in [5.74, 6) is 0.550. The molecule has 2 heteroatoms. The van der Waals surface area contributed by atoms with E-state index in [4.69, 9.17) is 11.6 Å². The molecular formula is C17H16ClN. The Labute approximate surface area is 118 Å². The number of hydrogen-bond donors (Lipinski definition) is 1. The number of aromatic amines is 1. The lowest BCUT2D eigenvalue weighted by Crippen LogP contribution is -1.85. The first-order valence-corrected chi connectivity index (χ1v) is 6.90. The zero-order chi connectivity index (χ0) is 13.4. The summed E-state index contributed by atoms with van der Waals surface area (Å²) >= 11 is 6.05. The molecule has 1 nitrogen and oxygen atoms in total. The molecule has 2 aromatic carbocycles. The lowest BCUT2D eigenvalue weighted by Gasteiger charge is -2.03. The van der Waals surface area contributed by atoms with Gasteiger partial charge in [-0.2, -0.15) is 0 Å². The van der Waals surface area contributed by atoms with Crippen molar-refractivity contribution in [3.8, 4) is 11.3 Å². The molecular weight excluding hydrogens is 254 g/mol. The molecule has 0 amide bonds.